The molecule has 13 heavy (non-hydrogen) atoms. The minimum absolute atomic E-state index is 0.142. The van der Waals surface area contributed by atoms with Gasteiger partial charge >= 0.3 is 5.97 Å². The van der Waals surface area contributed by atoms with E-state index in [9.17, 15) is 9.90 Å². The third-order valence-corrected chi connectivity index (χ3v) is 2.92. The Kier molecular flexibility index (Phi) is 3.72. The van der Waals surface area contributed by atoms with Crippen molar-refractivity contribution in [3.8, 4) is 0 Å². The molecule has 0 saturated heterocycles. The molecule has 3 heteroatoms. The van der Waals surface area contributed by atoms with Crippen LogP contribution in [0.2, 0.25) is 0 Å². The Balaban J connectivity index is 2.26. The first kappa shape index (κ1) is 10.5. The molecule has 0 aromatic heterocycles. The van der Waals surface area contributed by atoms with Crippen molar-refractivity contribution in [2.75, 3.05) is 0 Å². The van der Waals surface area contributed by atoms with Gasteiger partial charge in [-0.15, -0.1) is 0 Å². The van der Waals surface area contributed by atoms with Crippen LogP contribution in [0, 0.1) is 11.8 Å². The van der Waals surface area contributed by atoms with E-state index in [0.717, 1.165) is 32.1 Å². The van der Waals surface area contributed by atoms with Crippen molar-refractivity contribution < 1.29 is 15.0 Å². The van der Waals surface area contributed by atoms with Gasteiger partial charge in [0.25, 0.3) is 0 Å². The van der Waals surface area contributed by atoms with Crippen LogP contribution < -0.4 is 0 Å². The summed E-state index contributed by atoms with van der Waals surface area (Å²) in [7, 11) is 0. The third kappa shape index (κ3) is 3.35. The fourth-order valence-electron chi connectivity index (χ4n) is 1.98. The number of aliphatic hydroxyl groups is 1. The molecular weight excluding hydrogens is 168 g/mol. The molecule has 0 spiro atoms. The maximum absolute atomic E-state index is 10.6. The Morgan fingerprint density at radius 2 is 1.92 bits per heavy atom. The molecule has 1 rings (SSSR count). The van der Waals surface area contributed by atoms with Gasteiger partial charge in [-0.3, -0.25) is 4.79 Å². The number of hydrogen-bond acceptors (Lipinski definition) is 2. The summed E-state index contributed by atoms with van der Waals surface area (Å²) in [5.74, 6) is -0.430. The lowest BCUT2D eigenvalue weighted by Crippen LogP contribution is -2.22. The summed E-state index contributed by atoms with van der Waals surface area (Å²) < 4.78 is 0. The van der Waals surface area contributed by atoms with E-state index >= 15 is 0 Å². The monoisotopic (exact) mass is 186 g/mol. The topological polar surface area (TPSA) is 57.5 Å². The van der Waals surface area contributed by atoms with Crippen molar-refractivity contribution in [3.63, 3.8) is 0 Å². The second kappa shape index (κ2) is 4.61. The van der Waals surface area contributed by atoms with E-state index in [0.29, 0.717) is 5.92 Å². The fourth-order valence-corrected chi connectivity index (χ4v) is 1.98. The van der Waals surface area contributed by atoms with Crippen molar-refractivity contribution >= 4 is 5.97 Å². The quantitative estimate of drug-likeness (QED) is 0.704. The van der Waals surface area contributed by atoms with Crippen molar-refractivity contribution in [3.05, 3.63) is 0 Å². The molecule has 1 atom stereocenters. The highest BCUT2D eigenvalue weighted by Gasteiger charge is 2.23. The molecule has 0 aromatic rings. The first-order valence-electron chi connectivity index (χ1n) is 5.00. The summed E-state index contributed by atoms with van der Waals surface area (Å²) in [6.45, 7) is 1.76. The highest BCUT2D eigenvalue weighted by Crippen LogP contribution is 2.29. The fraction of sp³-hybridized carbons (Fsp3) is 0.900. The van der Waals surface area contributed by atoms with Crippen LogP contribution in [-0.4, -0.2) is 22.3 Å². The number of carboxylic acid groups (broad SMARTS) is 1. The van der Waals surface area contributed by atoms with E-state index in [1.54, 1.807) is 6.92 Å². The van der Waals surface area contributed by atoms with Gasteiger partial charge < -0.3 is 10.2 Å². The van der Waals surface area contributed by atoms with Crippen molar-refractivity contribution in [1.29, 1.82) is 0 Å². The van der Waals surface area contributed by atoms with Crippen LogP contribution in [0.5, 0.6) is 0 Å². The van der Waals surface area contributed by atoms with Crippen molar-refractivity contribution in [2.45, 2.75) is 45.1 Å². The normalized spacial score (nSPS) is 31.2. The largest absolute Gasteiger partial charge is 0.481 e. The SMILES string of the molecule is CC(CC1CCC(O)CC1)C(=O)O. The Morgan fingerprint density at radius 1 is 1.38 bits per heavy atom. The first-order valence-corrected chi connectivity index (χ1v) is 5.00. The molecule has 1 aliphatic rings. The zero-order valence-corrected chi connectivity index (χ0v) is 8.07. The maximum atomic E-state index is 10.6. The van der Waals surface area contributed by atoms with Crippen molar-refractivity contribution in [1.82, 2.24) is 0 Å². The molecule has 0 aliphatic heterocycles. The minimum atomic E-state index is -0.703. The summed E-state index contributed by atoms with van der Waals surface area (Å²) in [6.07, 6.45) is 4.28. The standard InChI is InChI=1S/C10H18O3/c1-7(10(12)13)6-8-2-4-9(11)5-3-8/h7-9,11H,2-6H2,1H3,(H,12,13). The number of aliphatic hydroxyl groups excluding tert-OH is 1. The van der Waals surface area contributed by atoms with E-state index in [1.165, 1.54) is 0 Å². The van der Waals surface area contributed by atoms with Crippen molar-refractivity contribution in [2.24, 2.45) is 11.8 Å². The van der Waals surface area contributed by atoms with Gasteiger partial charge in [0, 0.05) is 0 Å². The second-order valence-electron chi connectivity index (χ2n) is 4.15. The summed E-state index contributed by atoms with van der Waals surface area (Å²) in [6, 6.07) is 0. The van der Waals surface area contributed by atoms with Gasteiger partial charge in [0.15, 0.2) is 0 Å². The molecule has 0 amide bonds. The molecule has 0 aromatic carbocycles. The summed E-state index contributed by atoms with van der Waals surface area (Å²) >= 11 is 0. The highest BCUT2D eigenvalue weighted by molar-refractivity contribution is 5.69. The van der Waals surface area contributed by atoms with Crippen LogP contribution in [0.15, 0.2) is 0 Å². The van der Waals surface area contributed by atoms with E-state index in [1.807, 2.05) is 0 Å². The Bertz CT molecular complexity index is 171. The van der Waals surface area contributed by atoms with E-state index < -0.39 is 5.97 Å². The van der Waals surface area contributed by atoms with Gasteiger partial charge in [-0.1, -0.05) is 6.92 Å². The molecule has 1 saturated carbocycles. The van der Waals surface area contributed by atoms with Crippen LogP contribution in [0.4, 0.5) is 0 Å². The summed E-state index contributed by atoms with van der Waals surface area (Å²) in [5, 5.41) is 18.0. The third-order valence-electron chi connectivity index (χ3n) is 2.92. The first-order chi connectivity index (χ1) is 6.09. The zero-order chi connectivity index (χ0) is 9.84. The number of carboxylic acids is 1. The van der Waals surface area contributed by atoms with Crippen LogP contribution in [0.25, 0.3) is 0 Å². The van der Waals surface area contributed by atoms with E-state index in [-0.39, 0.29) is 12.0 Å². The number of aliphatic carboxylic acids is 1. The van der Waals surface area contributed by atoms with E-state index in [4.69, 9.17) is 5.11 Å². The van der Waals surface area contributed by atoms with Gasteiger partial charge in [-0.25, -0.2) is 0 Å². The van der Waals surface area contributed by atoms with Gasteiger partial charge in [0.2, 0.25) is 0 Å². The number of rotatable bonds is 3. The molecule has 76 valence electrons. The lowest BCUT2D eigenvalue weighted by atomic mass is 9.82. The van der Waals surface area contributed by atoms with Gasteiger partial charge in [0.1, 0.15) is 0 Å². The van der Waals surface area contributed by atoms with Crippen LogP contribution in [-0.2, 0) is 4.79 Å². The molecule has 1 unspecified atom stereocenters. The maximum Gasteiger partial charge on any atom is 0.306 e. The van der Waals surface area contributed by atoms with Crippen LogP contribution in [0.1, 0.15) is 39.0 Å². The number of carbonyl (C=O) groups is 1. The molecule has 0 bridgehead atoms. The van der Waals surface area contributed by atoms with Gasteiger partial charge in [0.05, 0.1) is 12.0 Å². The lowest BCUT2D eigenvalue weighted by Gasteiger charge is -2.26. The minimum Gasteiger partial charge on any atom is -0.481 e. The second-order valence-corrected chi connectivity index (χ2v) is 4.15. The summed E-state index contributed by atoms with van der Waals surface area (Å²) in [4.78, 5) is 10.6. The van der Waals surface area contributed by atoms with Gasteiger partial charge in [-0.05, 0) is 38.0 Å². The van der Waals surface area contributed by atoms with Crippen LogP contribution >= 0.6 is 0 Å². The molecule has 1 fully saturated rings. The molecule has 1 aliphatic carbocycles. The van der Waals surface area contributed by atoms with Crippen LogP contribution in [0.3, 0.4) is 0 Å². The molecule has 0 radical (unpaired) electrons. The predicted molar refractivity (Wildman–Crippen MR) is 49.4 cm³/mol. The Hall–Kier alpha value is -0.570. The lowest BCUT2D eigenvalue weighted by molar-refractivity contribution is -0.141. The van der Waals surface area contributed by atoms with Gasteiger partial charge in [-0.2, -0.15) is 0 Å². The average molecular weight is 186 g/mol. The van der Waals surface area contributed by atoms with E-state index in [2.05, 4.69) is 0 Å². The summed E-state index contributed by atoms with van der Waals surface area (Å²) in [5.41, 5.74) is 0. The average Bonchev–Trinajstić information content (AvgIpc) is 2.08. The molecule has 2 N–H and O–H groups in total. The zero-order valence-electron chi connectivity index (χ0n) is 8.07. The smallest absolute Gasteiger partial charge is 0.306 e. The highest BCUT2D eigenvalue weighted by atomic mass is 16.4. The molecule has 3 nitrogen and oxygen atoms in total. The Morgan fingerprint density at radius 3 is 2.38 bits per heavy atom. The number of hydrogen-bond donors (Lipinski definition) is 2. The molecular formula is C10H18O3. The predicted octanol–water partition coefficient (Wildman–Crippen LogP) is 1.65. The Labute approximate surface area is 78.8 Å². The molecule has 0 heterocycles.